The molecule has 0 aromatic heterocycles. The molecule has 1 fully saturated rings. The fourth-order valence-electron chi connectivity index (χ4n) is 2.99. The van der Waals surface area contributed by atoms with Crippen LogP contribution in [0.1, 0.15) is 50.5 Å². The average Bonchev–Trinajstić information content (AvgIpc) is 2.54. The van der Waals surface area contributed by atoms with Gasteiger partial charge in [-0.15, -0.1) is 0 Å². The first-order valence-electron chi connectivity index (χ1n) is 8.21. The second-order valence-corrected chi connectivity index (χ2v) is 6.13. The average molecular weight is 285 g/mol. The van der Waals surface area contributed by atoms with Crippen molar-refractivity contribution >= 4 is 12.0 Å². The summed E-state index contributed by atoms with van der Waals surface area (Å²) in [6.45, 7) is 0.905. The van der Waals surface area contributed by atoms with Crippen LogP contribution in [0.5, 0.6) is 0 Å². The van der Waals surface area contributed by atoms with E-state index in [9.17, 15) is 4.79 Å². The summed E-state index contributed by atoms with van der Waals surface area (Å²) < 4.78 is 0. The van der Waals surface area contributed by atoms with Crippen LogP contribution in [0.25, 0.3) is 6.08 Å². The summed E-state index contributed by atoms with van der Waals surface area (Å²) in [5.74, 6) is 1.06. The van der Waals surface area contributed by atoms with Crippen molar-refractivity contribution < 1.29 is 4.79 Å². The van der Waals surface area contributed by atoms with E-state index in [2.05, 4.69) is 0 Å². The Morgan fingerprint density at radius 2 is 1.90 bits per heavy atom. The van der Waals surface area contributed by atoms with Crippen LogP contribution in [-0.2, 0) is 4.79 Å². The molecule has 2 heteroatoms. The maximum atomic E-state index is 12.1. The molecule has 0 unspecified atom stereocenters. The second-order valence-electron chi connectivity index (χ2n) is 6.13. The van der Waals surface area contributed by atoms with Crippen molar-refractivity contribution in [2.24, 2.45) is 5.92 Å². The molecule has 1 amide bonds. The van der Waals surface area contributed by atoms with Gasteiger partial charge >= 0.3 is 0 Å². The number of carbonyl (C=O) groups excluding carboxylic acids is 1. The van der Waals surface area contributed by atoms with Gasteiger partial charge in [0.1, 0.15) is 0 Å². The van der Waals surface area contributed by atoms with Gasteiger partial charge in [-0.3, -0.25) is 4.79 Å². The summed E-state index contributed by atoms with van der Waals surface area (Å²) >= 11 is 0. The number of rotatable bonds is 6. The van der Waals surface area contributed by atoms with Crippen LogP contribution in [0.4, 0.5) is 0 Å². The molecular formula is C19H27NO. The number of carbonyl (C=O) groups is 1. The molecule has 0 bridgehead atoms. The Hall–Kier alpha value is -1.57. The van der Waals surface area contributed by atoms with Crippen LogP contribution in [0.3, 0.4) is 0 Å². The highest BCUT2D eigenvalue weighted by Gasteiger charge is 2.15. The summed E-state index contributed by atoms with van der Waals surface area (Å²) in [5.41, 5.74) is 1.15. The number of amides is 1. The van der Waals surface area contributed by atoms with Gasteiger partial charge < -0.3 is 4.90 Å². The van der Waals surface area contributed by atoms with Crippen molar-refractivity contribution in [1.82, 2.24) is 4.90 Å². The lowest BCUT2D eigenvalue weighted by Gasteiger charge is -2.24. The van der Waals surface area contributed by atoms with Gasteiger partial charge in [0.15, 0.2) is 0 Å². The molecule has 1 saturated carbocycles. The Labute approximate surface area is 128 Å². The molecule has 0 heterocycles. The fraction of sp³-hybridized carbons (Fsp3) is 0.526. The third-order valence-corrected chi connectivity index (χ3v) is 4.43. The quantitative estimate of drug-likeness (QED) is 0.752. The molecule has 1 aliphatic carbocycles. The Morgan fingerprint density at radius 1 is 1.19 bits per heavy atom. The molecule has 0 spiro atoms. The van der Waals surface area contributed by atoms with E-state index >= 15 is 0 Å². The van der Waals surface area contributed by atoms with E-state index in [1.807, 2.05) is 54.4 Å². The van der Waals surface area contributed by atoms with Crippen molar-refractivity contribution in [3.63, 3.8) is 0 Å². The van der Waals surface area contributed by atoms with Crippen LogP contribution in [0.15, 0.2) is 36.4 Å². The van der Waals surface area contributed by atoms with Crippen molar-refractivity contribution in [2.45, 2.75) is 44.9 Å². The number of hydrogen-bond donors (Lipinski definition) is 0. The van der Waals surface area contributed by atoms with Crippen molar-refractivity contribution in [3.05, 3.63) is 42.0 Å². The largest absolute Gasteiger partial charge is 0.345 e. The maximum absolute atomic E-state index is 12.1. The van der Waals surface area contributed by atoms with E-state index in [1.165, 1.54) is 38.5 Å². The monoisotopic (exact) mass is 285 g/mol. The van der Waals surface area contributed by atoms with E-state index in [0.29, 0.717) is 6.42 Å². The third-order valence-electron chi connectivity index (χ3n) is 4.43. The molecule has 1 aliphatic rings. The van der Waals surface area contributed by atoms with Crippen LogP contribution in [-0.4, -0.2) is 24.4 Å². The van der Waals surface area contributed by atoms with Crippen LogP contribution < -0.4 is 0 Å². The normalized spacial score (nSPS) is 16.2. The SMILES string of the molecule is CN(CCC1CCCCC1)C(=O)C/C=C/c1ccccc1. The smallest absolute Gasteiger partial charge is 0.226 e. The molecule has 0 N–H and O–H groups in total. The highest BCUT2D eigenvalue weighted by atomic mass is 16.2. The second kappa shape index (κ2) is 8.66. The Morgan fingerprint density at radius 3 is 2.62 bits per heavy atom. The molecule has 1 aromatic carbocycles. The summed E-state index contributed by atoms with van der Waals surface area (Å²) in [5, 5.41) is 0. The Kier molecular flexibility index (Phi) is 6.52. The van der Waals surface area contributed by atoms with E-state index in [0.717, 1.165) is 18.0 Å². The summed E-state index contributed by atoms with van der Waals surface area (Å²) in [6, 6.07) is 10.1. The molecule has 2 nitrogen and oxygen atoms in total. The number of hydrogen-bond acceptors (Lipinski definition) is 1. The van der Waals surface area contributed by atoms with E-state index < -0.39 is 0 Å². The van der Waals surface area contributed by atoms with Gasteiger partial charge in [-0.25, -0.2) is 0 Å². The number of benzene rings is 1. The van der Waals surface area contributed by atoms with E-state index in [1.54, 1.807) is 0 Å². The highest BCUT2D eigenvalue weighted by Crippen LogP contribution is 2.26. The lowest BCUT2D eigenvalue weighted by atomic mass is 9.87. The molecule has 0 saturated heterocycles. The molecule has 1 aromatic rings. The molecular weight excluding hydrogens is 258 g/mol. The molecule has 0 atom stereocenters. The van der Waals surface area contributed by atoms with Crippen molar-refractivity contribution in [1.29, 1.82) is 0 Å². The van der Waals surface area contributed by atoms with Crippen LogP contribution in [0, 0.1) is 5.92 Å². The maximum Gasteiger partial charge on any atom is 0.226 e. The Bertz CT molecular complexity index is 446. The first-order chi connectivity index (χ1) is 10.3. The predicted octanol–water partition coefficient (Wildman–Crippen LogP) is 4.52. The van der Waals surface area contributed by atoms with Gasteiger partial charge in [-0.05, 0) is 17.9 Å². The minimum atomic E-state index is 0.220. The van der Waals surface area contributed by atoms with Gasteiger partial charge in [-0.1, -0.05) is 74.6 Å². The van der Waals surface area contributed by atoms with Crippen LogP contribution in [0.2, 0.25) is 0 Å². The van der Waals surface area contributed by atoms with E-state index in [4.69, 9.17) is 0 Å². The van der Waals surface area contributed by atoms with Gasteiger partial charge in [0, 0.05) is 20.0 Å². The predicted molar refractivity (Wildman–Crippen MR) is 88.9 cm³/mol. The standard InChI is InChI=1S/C19H27NO/c1-20(16-15-18-11-6-3-7-12-18)19(21)14-8-13-17-9-4-2-5-10-17/h2,4-5,8-10,13,18H,3,6-7,11-12,14-16H2,1H3/b13-8+. The van der Waals surface area contributed by atoms with Crippen molar-refractivity contribution in [2.75, 3.05) is 13.6 Å². The summed E-state index contributed by atoms with van der Waals surface area (Å²) in [7, 11) is 1.93. The van der Waals surface area contributed by atoms with Gasteiger partial charge in [0.05, 0.1) is 0 Å². The zero-order valence-corrected chi connectivity index (χ0v) is 13.1. The van der Waals surface area contributed by atoms with Crippen molar-refractivity contribution in [3.8, 4) is 0 Å². The zero-order chi connectivity index (χ0) is 14.9. The lowest BCUT2D eigenvalue weighted by molar-refractivity contribution is -0.129. The lowest BCUT2D eigenvalue weighted by Crippen LogP contribution is -2.28. The topological polar surface area (TPSA) is 20.3 Å². The molecule has 114 valence electrons. The first kappa shape index (κ1) is 15.8. The van der Waals surface area contributed by atoms with E-state index in [-0.39, 0.29) is 5.91 Å². The van der Waals surface area contributed by atoms with Gasteiger partial charge in [0.2, 0.25) is 5.91 Å². The first-order valence-corrected chi connectivity index (χ1v) is 8.21. The molecule has 0 aliphatic heterocycles. The minimum Gasteiger partial charge on any atom is -0.345 e. The fourth-order valence-corrected chi connectivity index (χ4v) is 2.99. The third kappa shape index (κ3) is 5.74. The van der Waals surface area contributed by atoms with Gasteiger partial charge in [-0.2, -0.15) is 0 Å². The zero-order valence-electron chi connectivity index (χ0n) is 13.1. The van der Waals surface area contributed by atoms with Gasteiger partial charge in [0.25, 0.3) is 0 Å². The Balaban J connectivity index is 1.68. The molecule has 2 rings (SSSR count). The molecule has 0 radical (unpaired) electrons. The molecule has 21 heavy (non-hydrogen) atoms. The summed E-state index contributed by atoms with van der Waals surface area (Å²) in [4.78, 5) is 14.0. The number of nitrogens with zero attached hydrogens (tertiary/aromatic N) is 1. The summed E-state index contributed by atoms with van der Waals surface area (Å²) in [6.07, 6.45) is 12.5. The minimum absolute atomic E-state index is 0.220. The highest BCUT2D eigenvalue weighted by molar-refractivity contribution is 5.78. The van der Waals surface area contributed by atoms with Crippen LogP contribution >= 0.6 is 0 Å².